The van der Waals surface area contributed by atoms with Crippen molar-refractivity contribution in [3.05, 3.63) is 34.9 Å². The monoisotopic (exact) mass is 264 g/mol. The number of hydrogen-bond donors (Lipinski definition) is 1. The topological polar surface area (TPSA) is 37.3 Å². The lowest BCUT2D eigenvalue weighted by Gasteiger charge is -2.52. The van der Waals surface area contributed by atoms with Crippen molar-refractivity contribution in [1.82, 2.24) is 0 Å². The van der Waals surface area contributed by atoms with Crippen molar-refractivity contribution in [2.45, 2.75) is 43.9 Å². The van der Waals surface area contributed by atoms with E-state index in [0.717, 1.165) is 18.4 Å². The zero-order chi connectivity index (χ0) is 12.8. The zero-order valence-corrected chi connectivity index (χ0v) is 11.0. The summed E-state index contributed by atoms with van der Waals surface area (Å²) in [5.74, 6) is -0.692. The van der Waals surface area contributed by atoms with Gasteiger partial charge in [0.1, 0.15) is 0 Å². The quantitative estimate of drug-likeness (QED) is 0.876. The molecule has 2 nitrogen and oxygen atoms in total. The number of carboxylic acids is 1. The third kappa shape index (κ3) is 1.66. The molecule has 1 spiro atoms. The van der Waals surface area contributed by atoms with Gasteiger partial charge in [0, 0.05) is 5.02 Å². The number of aliphatic carboxylic acids is 1. The molecule has 2 fully saturated rings. The predicted molar refractivity (Wildman–Crippen MR) is 70.9 cm³/mol. The molecule has 3 rings (SSSR count). The molecule has 0 aliphatic heterocycles. The van der Waals surface area contributed by atoms with E-state index in [0.29, 0.717) is 10.4 Å². The van der Waals surface area contributed by atoms with Gasteiger partial charge in [0.2, 0.25) is 0 Å². The Hall–Kier alpha value is -1.02. The number of rotatable bonds is 2. The summed E-state index contributed by atoms with van der Waals surface area (Å²) in [5, 5.41) is 10.3. The SMILES string of the molecule is O=C(O)C1(c2cccc(Cl)c2)CC2(CCCC2)C1. The molecule has 3 heteroatoms. The number of halogens is 1. The van der Waals surface area contributed by atoms with Gasteiger partial charge >= 0.3 is 5.97 Å². The second-order valence-corrected chi connectivity index (χ2v) is 6.39. The van der Waals surface area contributed by atoms with E-state index < -0.39 is 11.4 Å². The molecular formula is C15H17ClO2. The van der Waals surface area contributed by atoms with E-state index in [-0.39, 0.29) is 0 Å². The number of carbonyl (C=O) groups is 1. The molecule has 96 valence electrons. The van der Waals surface area contributed by atoms with Crippen LogP contribution in [-0.4, -0.2) is 11.1 Å². The third-order valence-electron chi connectivity index (χ3n) is 4.80. The molecule has 18 heavy (non-hydrogen) atoms. The van der Waals surface area contributed by atoms with Gasteiger partial charge in [-0.2, -0.15) is 0 Å². The van der Waals surface area contributed by atoms with E-state index in [4.69, 9.17) is 11.6 Å². The minimum absolute atomic E-state index is 0.306. The molecule has 1 aromatic rings. The van der Waals surface area contributed by atoms with Gasteiger partial charge in [0.15, 0.2) is 0 Å². The van der Waals surface area contributed by atoms with Crippen molar-refractivity contribution in [3.63, 3.8) is 0 Å². The first kappa shape index (κ1) is 12.0. The van der Waals surface area contributed by atoms with Crippen LogP contribution in [-0.2, 0) is 10.2 Å². The summed E-state index contributed by atoms with van der Waals surface area (Å²) < 4.78 is 0. The van der Waals surface area contributed by atoms with Crippen molar-refractivity contribution in [3.8, 4) is 0 Å². The maximum atomic E-state index is 11.7. The second-order valence-electron chi connectivity index (χ2n) is 5.96. The van der Waals surface area contributed by atoms with Crippen LogP contribution in [0.1, 0.15) is 44.1 Å². The maximum Gasteiger partial charge on any atom is 0.314 e. The highest BCUT2D eigenvalue weighted by Gasteiger charge is 2.60. The molecule has 0 saturated heterocycles. The first-order chi connectivity index (χ1) is 8.56. The molecule has 0 aromatic heterocycles. The first-order valence-corrected chi connectivity index (χ1v) is 6.94. The molecule has 2 aliphatic carbocycles. The van der Waals surface area contributed by atoms with Crippen LogP contribution in [0.25, 0.3) is 0 Å². The average Bonchev–Trinajstić information content (AvgIpc) is 2.74. The van der Waals surface area contributed by atoms with Crippen molar-refractivity contribution >= 4 is 17.6 Å². The number of hydrogen-bond acceptors (Lipinski definition) is 1. The highest BCUT2D eigenvalue weighted by atomic mass is 35.5. The van der Waals surface area contributed by atoms with Gasteiger partial charge < -0.3 is 5.11 Å². The van der Waals surface area contributed by atoms with E-state index in [2.05, 4.69) is 0 Å². The van der Waals surface area contributed by atoms with Crippen LogP contribution >= 0.6 is 11.6 Å². The zero-order valence-electron chi connectivity index (χ0n) is 10.3. The minimum Gasteiger partial charge on any atom is -0.481 e. The number of benzene rings is 1. The fourth-order valence-electron chi connectivity index (χ4n) is 3.97. The van der Waals surface area contributed by atoms with Gasteiger partial charge in [-0.15, -0.1) is 0 Å². The maximum absolute atomic E-state index is 11.7. The Morgan fingerprint density at radius 2 is 1.89 bits per heavy atom. The van der Waals surface area contributed by atoms with Gasteiger partial charge in [0.05, 0.1) is 5.41 Å². The lowest BCUT2D eigenvalue weighted by atomic mass is 9.49. The molecule has 0 atom stereocenters. The molecule has 0 heterocycles. The molecule has 1 aromatic carbocycles. The van der Waals surface area contributed by atoms with Crippen LogP contribution in [0, 0.1) is 5.41 Å². The van der Waals surface area contributed by atoms with E-state index in [1.54, 1.807) is 6.07 Å². The Bertz CT molecular complexity index is 481. The van der Waals surface area contributed by atoms with Gasteiger partial charge in [-0.25, -0.2) is 0 Å². The summed E-state index contributed by atoms with van der Waals surface area (Å²) in [5.41, 5.74) is 0.496. The lowest BCUT2D eigenvalue weighted by Crippen LogP contribution is -2.53. The summed E-state index contributed by atoms with van der Waals surface area (Å²) >= 11 is 5.99. The predicted octanol–water partition coefficient (Wildman–Crippen LogP) is 4.02. The Balaban J connectivity index is 1.93. The molecule has 1 N–H and O–H groups in total. The molecule has 0 bridgehead atoms. The molecule has 2 saturated carbocycles. The largest absolute Gasteiger partial charge is 0.481 e. The molecular weight excluding hydrogens is 248 g/mol. The van der Waals surface area contributed by atoms with Crippen LogP contribution in [0.4, 0.5) is 0 Å². The summed E-state index contributed by atoms with van der Waals surface area (Å²) in [4.78, 5) is 11.7. The molecule has 0 radical (unpaired) electrons. The summed E-state index contributed by atoms with van der Waals surface area (Å²) in [7, 11) is 0. The average molecular weight is 265 g/mol. The van der Waals surface area contributed by atoms with Crippen LogP contribution < -0.4 is 0 Å². The van der Waals surface area contributed by atoms with Crippen LogP contribution in [0.15, 0.2) is 24.3 Å². The van der Waals surface area contributed by atoms with Crippen LogP contribution in [0.2, 0.25) is 5.02 Å². The lowest BCUT2D eigenvalue weighted by molar-refractivity contribution is -0.154. The van der Waals surface area contributed by atoms with Crippen molar-refractivity contribution < 1.29 is 9.90 Å². The van der Waals surface area contributed by atoms with Crippen LogP contribution in [0.3, 0.4) is 0 Å². The smallest absolute Gasteiger partial charge is 0.314 e. The fourth-order valence-corrected chi connectivity index (χ4v) is 4.16. The highest BCUT2D eigenvalue weighted by molar-refractivity contribution is 6.30. The van der Waals surface area contributed by atoms with Crippen LogP contribution in [0.5, 0.6) is 0 Å². The van der Waals surface area contributed by atoms with E-state index in [1.165, 1.54) is 25.7 Å². The van der Waals surface area contributed by atoms with E-state index >= 15 is 0 Å². The van der Waals surface area contributed by atoms with Crippen molar-refractivity contribution in [2.24, 2.45) is 5.41 Å². The van der Waals surface area contributed by atoms with Gasteiger partial charge in [0.25, 0.3) is 0 Å². The van der Waals surface area contributed by atoms with E-state index in [1.807, 2.05) is 18.2 Å². The van der Waals surface area contributed by atoms with Crippen molar-refractivity contribution in [2.75, 3.05) is 0 Å². The summed E-state index contributed by atoms with van der Waals surface area (Å²) in [6.07, 6.45) is 6.48. The standard InChI is InChI=1S/C15H17ClO2/c16-12-5-3-4-11(8-12)15(13(17)18)9-14(10-15)6-1-2-7-14/h3-5,8H,1-2,6-7,9-10H2,(H,17,18). The highest BCUT2D eigenvalue weighted by Crippen LogP contribution is 2.63. The summed E-state index contributed by atoms with van der Waals surface area (Å²) in [6.45, 7) is 0. The Morgan fingerprint density at radius 1 is 1.22 bits per heavy atom. The molecule has 0 amide bonds. The molecule has 2 aliphatic rings. The van der Waals surface area contributed by atoms with E-state index in [9.17, 15) is 9.90 Å². The second kappa shape index (κ2) is 3.99. The number of carboxylic acid groups (broad SMARTS) is 1. The third-order valence-corrected chi connectivity index (χ3v) is 5.04. The van der Waals surface area contributed by atoms with Gasteiger partial charge in [-0.1, -0.05) is 36.6 Å². The summed E-state index contributed by atoms with van der Waals surface area (Å²) in [6, 6.07) is 7.37. The van der Waals surface area contributed by atoms with Gasteiger partial charge in [-0.3, -0.25) is 4.79 Å². The Morgan fingerprint density at radius 3 is 2.44 bits per heavy atom. The first-order valence-electron chi connectivity index (χ1n) is 6.56. The Kier molecular flexibility index (Phi) is 2.67. The van der Waals surface area contributed by atoms with Gasteiger partial charge in [-0.05, 0) is 48.8 Å². The molecule has 0 unspecified atom stereocenters. The minimum atomic E-state index is -0.692. The Labute approximate surface area is 112 Å². The van der Waals surface area contributed by atoms with Crippen molar-refractivity contribution in [1.29, 1.82) is 0 Å². The fraction of sp³-hybridized carbons (Fsp3) is 0.533. The normalized spacial score (nSPS) is 23.8.